The lowest BCUT2D eigenvalue weighted by Gasteiger charge is -2.28. The number of benzene rings is 2. The van der Waals surface area contributed by atoms with Crippen molar-refractivity contribution in [1.29, 1.82) is 0 Å². The van der Waals surface area contributed by atoms with Crippen LogP contribution >= 0.6 is 11.3 Å². The standard InChI is InChI=1S/C24H32N2S/c1-5-8-9-19(6-2)17-26(7-3)21-13-11-20(12-14-21)24-25-22-15-10-18(4)16-23(22)27-24/h10-16,19H,5-9,17H2,1-4H3. The molecule has 1 atom stereocenters. The summed E-state index contributed by atoms with van der Waals surface area (Å²) in [5, 5.41) is 1.11. The van der Waals surface area contributed by atoms with E-state index in [1.54, 1.807) is 11.3 Å². The molecule has 27 heavy (non-hydrogen) atoms. The molecule has 0 amide bonds. The topological polar surface area (TPSA) is 16.1 Å². The first-order chi connectivity index (χ1) is 13.1. The van der Waals surface area contributed by atoms with Gasteiger partial charge in [-0.3, -0.25) is 0 Å². The number of nitrogens with zero attached hydrogens (tertiary/aromatic N) is 2. The average molecular weight is 381 g/mol. The van der Waals surface area contributed by atoms with Crippen molar-refractivity contribution in [3.8, 4) is 10.6 Å². The summed E-state index contributed by atoms with van der Waals surface area (Å²) in [6.45, 7) is 11.2. The van der Waals surface area contributed by atoms with E-state index in [9.17, 15) is 0 Å². The Morgan fingerprint density at radius 3 is 2.48 bits per heavy atom. The highest BCUT2D eigenvalue weighted by atomic mass is 32.1. The number of thiazole rings is 1. The molecule has 1 aromatic heterocycles. The van der Waals surface area contributed by atoms with Crippen LogP contribution in [0.5, 0.6) is 0 Å². The van der Waals surface area contributed by atoms with Gasteiger partial charge in [0.15, 0.2) is 0 Å². The van der Waals surface area contributed by atoms with Gasteiger partial charge in [-0.1, -0.05) is 39.2 Å². The van der Waals surface area contributed by atoms with Crippen molar-refractivity contribution in [3.63, 3.8) is 0 Å². The summed E-state index contributed by atoms with van der Waals surface area (Å²) < 4.78 is 1.27. The van der Waals surface area contributed by atoms with Crippen LogP contribution < -0.4 is 4.90 Å². The monoisotopic (exact) mass is 380 g/mol. The van der Waals surface area contributed by atoms with E-state index in [1.807, 2.05) is 0 Å². The Kier molecular flexibility index (Phi) is 6.89. The van der Waals surface area contributed by atoms with Gasteiger partial charge in [0.05, 0.1) is 10.2 Å². The molecule has 3 heteroatoms. The second-order valence-corrected chi connectivity index (χ2v) is 8.52. The molecule has 0 bridgehead atoms. The van der Waals surface area contributed by atoms with Gasteiger partial charge >= 0.3 is 0 Å². The molecule has 2 nitrogen and oxygen atoms in total. The highest BCUT2D eigenvalue weighted by Gasteiger charge is 2.13. The number of fused-ring (bicyclic) bond motifs is 1. The molecule has 1 heterocycles. The van der Waals surface area contributed by atoms with E-state index < -0.39 is 0 Å². The third-order valence-electron chi connectivity index (χ3n) is 5.43. The first-order valence-electron chi connectivity index (χ1n) is 10.4. The van der Waals surface area contributed by atoms with E-state index in [-0.39, 0.29) is 0 Å². The van der Waals surface area contributed by atoms with E-state index in [4.69, 9.17) is 4.98 Å². The van der Waals surface area contributed by atoms with Crippen LogP contribution in [0.1, 0.15) is 52.0 Å². The summed E-state index contributed by atoms with van der Waals surface area (Å²) in [4.78, 5) is 7.34. The Labute approximate surface area is 168 Å². The van der Waals surface area contributed by atoms with Crippen molar-refractivity contribution in [2.45, 2.75) is 53.4 Å². The van der Waals surface area contributed by atoms with Gasteiger partial charge in [-0.25, -0.2) is 4.98 Å². The second kappa shape index (κ2) is 9.36. The van der Waals surface area contributed by atoms with Crippen molar-refractivity contribution < 1.29 is 0 Å². The molecule has 2 aromatic carbocycles. The number of hydrogen-bond acceptors (Lipinski definition) is 3. The van der Waals surface area contributed by atoms with Gasteiger partial charge in [-0.15, -0.1) is 11.3 Å². The fraction of sp³-hybridized carbons (Fsp3) is 0.458. The van der Waals surface area contributed by atoms with Gasteiger partial charge < -0.3 is 4.90 Å². The number of unbranched alkanes of at least 4 members (excludes halogenated alkanes) is 1. The molecule has 0 saturated carbocycles. The minimum Gasteiger partial charge on any atom is -0.372 e. The minimum atomic E-state index is 0.789. The Bertz CT molecular complexity index is 850. The zero-order valence-corrected chi connectivity index (χ0v) is 18.0. The van der Waals surface area contributed by atoms with Gasteiger partial charge in [0.1, 0.15) is 5.01 Å². The highest BCUT2D eigenvalue weighted by Crippen LogP contribution is 2.32. The fourth-order valence-electron chi connectivity index (χ4n) is 3.62. The summed E-state index contributed by atoms with van der Waals surface area (Å²) in [6.07, 6.45) is 5.23. The largest absolute Gasteiger partial charge is 0.372 e. The maximum Gasteiger partial charge on any atom is 0.124 e. The fourth-order valence-corrected chi connectivity index (χ4v) is 4.69. The van der Waals surface area contributed by atoms with E-state index in [1.165, 1.54) is 47.2 Å². The van der Waals surface area contributed by atoms with Gasteiger partial charge in [0.2, 0.25) is 0 Å². The van der Waals surface area contributed by atoms with E-state index in [2.05, 4.69) is 75.1 Å². The molecule has 144 valence electrons. The molecular formula is C24H32N2S. The molecule has 0 saturated heterocycles. The minimum absolute atomic E-state index is 0.789. The molecule has 3 rings (SSSR count). The van der Waals surface area contributed by atoms with Gasteiger partial charge in [-0.2, -0.15) is 0 Å². The molecule has 3 aromatic rings. The van der Waals surface area contributed by atoms with Crippen LogP contribution in [0.3, 0.4) is 0 Å². The zero-order valence-electron chi connectivity index (χ0n) is 17.2. The van der Waals surface area contributed by atoms with Crippen molar-refractivity contribution in [3.05, 3.63) is 48.0 Å². The number of hydrogen-bond donors (Lipinski definition) is 0. The van der Waals surface area contributed by atoms with E-state index >= 15 is 0 Å². The summed E-state index contributed by atoms with van der Waals surface area (Å²) in [7, 11) is 0. The Morgan fingerprint density at radius 2 is 1.81 bits per heavy atom. The Hall–Kier alpha value is -1.87. The predicted octanol–water partition coefficient (Wildman–Crippen LogP) is 7.31. The van der Waals surface area contributed by atoms with E-state index in [0.717, 1.165) is 29.5 Å². The molecule has 0 aliphatic carbocycles. The van der Waals surface area contributed by atoms with Crippen LogP contribution in [0.4, 0.5) is 5.69 Å². The summed E-state index contributed by atoms with van der Waals surface area (Å²) >= 11 is 1.78. The quantitative estimate of drug-likeness (QED) is 0.387. The first-order valence-corrected chi connectivity index (χ1v) is 11.2. The Balaban J connectivity index is 1.76. The number of anilines is 1. The molecule has 0 aliphatic rings. The van der Waals surface area contributed by atoms with Gasteiger partial charge in [0, 0.05) is 24.3 Å². The van der Waals surface area contributed by atoms with Crippen LogP contribution in [0.15, 0.2) is 42.5 Å². The Morgan fingerprint density at radius 1 is 1.04 bits per heavy atom. The lowest BCUT2D eigenvalue weighted by Crippen LogP contribution is -2.29. The maximum atomic E-state index is 4.82. The number of aryl methyl sites for hydroxylation is 1. The molecule has 0 radical (unpaired) electrons. The number of rotatable bonds is 9. The van der Waals surface area contributed by atoms with Crippen LogP contribution in [0.25, 0.3) is 20.8 Å². The van der Waals surface area contributed by atoms with Gasteiger partial charge in [-0.05, 0) is 68.1 Å². The summed E-state index contributed by atoms with van der Waals surface area (Å²) in [5.41, 5.74) is 4.93. The van der Waals surface area contributed by atoms with Crippen molar-refractivity contribution >= 4 is 27.2 Å². The summed E-state index contributed by atoms with van der Waals surface area (Å²) in [5.74, 6) is 0.789. The SMILES string of the molecule is CCCCC(CC)CN(CC)c1ccc(-c2nc3ccc(C)cc3s2)cc1. The lowest BCUT2D eigenvalue weighted by molar-refractivity contribution is 0.448. The first kappa shape index (κ1) is 19.9. The molecule has 0 aliphatic heterocycles. The average Bonchev–Trinajstić information content (AvgIpc) is 3.11. The van der Waals surface area contributed by atoms with Gasteiger partial charge in [0.25, 0.3) is 0 Å². The molecule has 0 N–H and O–H groups in total. The van der Waals surface area contributed by atoms with Crippen molar-refractivity contribution in [1.82, 2.24) is 4.98 Å². The van der Waals surface area contributed by atoms with Crippen LogP contribution in [-0.2, 0) is 0 Å². The van der Waals surface area contributed by atoms with Crippen LogP contribution in [0.2, 0.25) is 0 Å². The third kappa shape index (κ3) is 4.90. The van der Waals surface area contributed by atoms with Crippen molar-refractivity contribution in [2.75, 3.05) is 18.0 Å². The van der Waals surface area contributed by atoms with Crippen molar-refractivity contribution in [2.24, 2.45) is 5.92 Å². The number of aromatic nitrogens is 1. The second-order valence-electron chi connectivity index (χ2n) is 7.49. The molecule has 0 fully saturated rings. The normalized spacial score (nSPS) is 12.4. The smallest absolute Gasteiger partial charge is 0.124 e. The predicted molar refractivity (Wildman–Crippen MR) is 121 cm³/mol. The molecule has 1 unspecified atom stereocenters. The van der Waals surface area contributed by atoms with Crippen LogP contribution in [-0.4, -0.2) is 18.1 Å². The molecular weight excluding hydrogens is 348 g/mol. The van der Waals surface area contributed by atoms with E-state index in [0.29, 0.717) is 0 Å². The zero-order chi connectivity index (χ0) is 19.2. The third-order valence-corrected chi connectivity index (χ3v) is 6.49. The lowest BCUT2D eigenvalue weighted by atomic mass is 9.98. The highest BCUT2D eigenvalue weighted by molar-refractivity contribution is 7.21. The maximum absolute atomic E-state index is 4.82. The molecule has 0 spiro atoms. The van der Waals surface area contributed by atoms with Crippen LogP contribution in [0, 0.1) is 12.8 Å². The summed E-state index contributed by atoms with van der Waals surface area (Å²) in [6, 6.07) is 15.5.